The fraction of sp³-hybridized carbons (Fsp3) is 1.00. The van der Waals surface area contributed by atoms with E-state index in [0.29, 0.717) is 0 Å². The lowest BCUT2D eigenvalue weighted by Crippen LogP contribution is -2.44. The van der Waals surface area contributed by atoms with Crippen molar-refractivity contribution in [3.63, 3.8) is 0 Å². The second kappa shape index (κ2) is 5.16. The third kappa shape index (κ3) is 3.27. The Kier molecular flexibility index (Phi) is 4.43. The van der Waals surface area contributed by atoms with Gasteiger partial charge in [0.1, 0.15) is 0 Å². The quantitative estimate of drug-likeness (QED) is 0.713. The summed E-state index contributed by atoms with van der Waals surface area (Å²) in [6.07, 6.45) is 2.81. The summed E-state index contributed by atoms with van der Waals surface area (Å²) in [6, 6.07) is 0.823. The molecule has 1 unspecified atom stereocenters. The lowest BCUT2D eigenvalue weighted by Gasteiger charge is -2.39. The second-order valence-electron chi connectivity index (χ2n) is 5.80. The fourth-order valence-electron chi connectivity index (χ4n) is 1.96. The molecule has 0 bridgehead atoms. The van der Waals surface area contributed by atoms with Crippen molar-refractivity contribution in [3.05, 3.63) is 0 Å². The second-order valence-corrected chi connectivity index (χ2v) is 5.80. The Balaban J connectivity index is 2.06. The van der Waals surface area contributed by atoms with Gasteiger partial charge < -0.3 is 5.32 Å². The molecule has 1 fully saturated rings. The van der Waals surface area contributed by atoms with Gasteiger partial charge in [0, 0.05) is 6.04 Å². The summed E-state index contributed by atoms with van der Waals surface area (Å²) >= 11 is 0. The highest BCUT2D eigenvalue weighted by atomic mass is 14.9. The van der Waals surface area contributed by atoms with Crippen LogP contribution in [0.3, 0.4) is 0 Å². The molecule has 1 heteroatoms. The fourth-order valence-corrected chi connectivity index (χ4v) is 1.96. The van der Waals surface area contributed by atoms with Crippen LogP contribution < -0.4 is 5.32 Å². The molecule has 1 nitrogen and oxygen atoms in total. The van der Waals surface area contributed by atoms with Gasteiger partial charge in [-0.05, 0) is 43.1 Å². The maximum Gasteiger partial charge on any atom is 0.00726 e. The SMILES string of the molecule is CC(C)C(C)CNC1CC(C(C)C)C1. The zero-order valence-corrected chi connectivity index (χ0v) is 10.5. The first-order chi connectivity index (χ1) is 6.50. The summed E-state index contributed by atoms with van der Waals surface area (Å²) in [4.78, 5) is 0. The number of rotatable bonds is 5. The Morgan fingerprint density at radius 3 is 2.07 bits per heavy atom. The van der Waals surface area contributed by atoms with Crippen molar-refractivity contribution in [2.24, 2.45) is 23.7 Å². The molecule has 1 rings (SSSR count). The minimum absolute atomic E-state index is 0.809. The van der Waals surface area contributed by atoms with Crippen molar-refractivity contribution in [1.29, 1.82) is 0 Å². The normalized spacial score (nSPS) is 29.4. The molecule has 1 aliphatic carbocycles. The molecule has 0 spiro atoms. The van der Waals surface area contributed by atoms with Gasteiger partial charge in [0.15, 0.2) is 0 Å². The smallest absolute Gasteiger partial charge is 0.00726 e. The van der Waals surface area contributed by atoms with Gasteiger partial charge in [-0.3, -0.25) is 0 Å². The zero-order chi connectivity index (χ0) is 10.7. The predicted molar refractivity (Wildman–Crippen MR) is 63.4 cm³/mol. The van der Waals surface area contributed by atoms with E-state index < -0.39 is 0 Å². The molecule has 1 aliphatic rings. The maximum atomic E-state index is 3.69. The van der Waals surface area contributed by atoms with Crippen molar-refractivity contribution in [2.75, 3.05) is 6.54 Å². The number of nitrogens with one attached hydrogen (secondary N) is 1. The van der Waals surface area contributed by atoms with E-state index in [0.717, 1.165) is 29.7 Å². The average molecular weight is 197 g/mol. The van der Waals surface area contributed by atoms with E-state index >= 15 is 0 Å². The van der Waals surface area contributed by atoms with E-state index in [1.807, 2.05) is 0 Å². The molecule has 0 aromatic rings. The van der Waals surface area contributed by atoms with Crippen molar-refractivity contribution < 1.29 is 0 Å². The largest absolute Gasteiger partial charge is 0.314 e. The van der Waals surface area contributed by atoms with E-state index in [-0.39, 0.29) is 0 Å². The van der Waals surface area contributed by atoms with Gasteiger partial charge in [-0.15, -0.1) is 0 Å². The van der Waals surface area contributed by atoms with Crippen LogP contribution in [0, 0.1) is 23.7 Å². The summed E-state index contributed by atoms with van der Waals surface area (Å²) in [6.45, 7) is 12.9. The van der Waals surface area contributed by atoms with Crippen molar-refractivity contribution in [2.45, 2.75) is 53.5 Å². The Labute approximate surface area is 89.7 Å². The van der Waals surface area contributed by atoms with Gasteiger partial charge in [0.05, 0.1) is 0 Å². The Bertz CT molecular complexity index is 157. The average Bonchev–Trinajstić information content (AvgIpc) is 1.99. The lowest BCUT2D eigenvalue weighted by molar-refractivity contribution is 0.161. The van der Waals surface area contributed by atoms with E-state index in [1.54, 1.807) is 0 Å². The molecule has 0 aromatic carbocycles. The summed E-state index contributed by atoms with van der Waals surface area (Å²) in [5, 5.41) is 3.69. The summed E-state index contributed by atoms with van der Waals surface area (Å²) in [7, 11) is 0. The summed E-state index contributed by atoms with van der Waals surface area (Å²) < 4.78 is 0. The standard InChI is InChI=1S/C13H27N/c1-9(2)11(5)8-14-13-6-12(7-13)10(3)4/h9-14H,6-8H2,1-5H3. The molecule has 0 aromatic heterocycles. The van der Waals surface area contributed by atoms with Crippen LogP contribution in [0.5, 0.6) is 0 Å². The molecular formula is C13H27N. The molecular weight excluding hydrogens is 170 g/mol. The van der Waals surface area contributed by atoms with Gasteiger partial charge in [-0.2, -0.15) is 0 Å². The molecule has 1 N–H and O–H groups in total. The highest BCUT2D eigenvalue weighted by Crippen LogP contribution is 2.33. The lowest BCUT2D eigenvalue weighted by atomic mass is 9.73. The van der Waals surface area contributed by atoms with Crippen LogP contribution >= 0.6 is 0 Å². The van der Waals surface area contributed by atoms with Gasteiger partial charge >= 0.3 is 0 Å². The van der Waals surface area contributed by atoms with E-state index in [4.69, 9.17) is 0 Å². The molecule has 14 heavy (non-hydrogen) atoms. The molecule has 0 heterocycles. The third-order valence-electron chi connectivity index (χ3n) is 3.98. The molecule has 0 saturated heterocycles. The Hall–Kier alpha value is -0.0400. The minimum Gasteiger partial charge on any atom is -0.314 e. The van der Waals surface area contributed by atoms with Crippen LogP contribution in [0.2, 0.25) is 0 Å². The molecule has 1 saturated carbocycles. The number of hydrogen-bond acceptors (Lipinski definition) is 1. The van der Waals surface area contributed by atoms with Crippen LogP contribution in [0.15, 0.2) is 0 Å². The van der Waals surface area contributed by atoms with Gasteiger partial charge in [-0.25, -0.2) is 0 Å². The van der Waals surface area contributed by atoms with E-state index in [1.165, 1.54) is 19.4 Å². The highest BCUT2D eigenvalue weighted by molar-refractivity contribution is 4.86. The van der Waals surface area contributed by atoms with Crippen LogP contribution in [0.1, 0.15) is 47.5 Å². The predicted octanol–water partition coefficient (Wildman–Crippen LogP) is 3.30. The summed E-state index contributed by atoms with van der Waals surface area (Å²) in [5.41, 5.74) is 0. The minimum atomic E-state index is 0.809. The number of hydrogen-bond donors (Lipinski definition) is 1. The Morgan fingerprint density at radius 2 is 1.64 bits per heavy atom. The van der Waals surface area contributed by atoms with Crippen LogP contribution in [0.4, 0.5) is 0 Å². The third-order valence-corrected chi connectivity index (χ3v) is 3.98. The maximum absolute atomic E-state index is 3.69. The Morgan fingerprint density at radius 1 is 1.07 bits per heavy atom. The van der Waals surface area contributed by atoms with Crippen molar-refractivity contribution in [1.82, 2.24) is 5.32 Å². The molecule has 0 amide bonds. The summed E-state index contributed by atoms with van der Waals surface area (Å²) in [5.74, 6) is 3.49. The molecule has 1 atom stereocenters. The molecule has 0 aliphatic heterocycles. The first-order valence-corrected chi connectivity index (χ1v) is 6.24. The first kappa shape index (κ1) is 12.0. The monoisotopic (exact) mass is 197 g/mol. The van der Waals surface area contributed by atoms with Gasteiger partial charge in [0.2, 0.25) is 0 Å². The molecule has 0 radical (unpaired) electrons. The van der Waals surface area contributed by atoms with Crippen LogP contribution in [-0.4, -0.2) is 12.6 Å². The molecule has 84 valence electrons. The van der Waals surface area contributed by atoms with Crippen LogP contribution in [0.25, 0.3) is 0 Å². The topological polar surface area (TPSA) is 12.0 Å². The highest BCUT2D eigenvalue weighted by Gasteiger charge is 2.30. The van der Waals surface area contributed by atoms with Crippen molar-refractivity contribution in [3.8, 4) is 0 Å². The first-order valence-electron chi connectivity index (χ1n) is 6.24. The van der Waals surface area contributed by atoms with Crippen molar-refractivity contribution >= 4 is 0 Å². The van der Waals surface area contributed by atoms with E-state index in [2.05, 4.69) is 39.9 Å². The van der Waals surface area contributed by atoms with E-state index in [9.17, 15) is 0 Å². The zero-order valence-electron chi connectivity index (χ0n) is 10.5. The van der Waals surface area contributed by atoms with Gasteiger partial charge in [-0.1, -0.05) is 34.6 Å². The van der Waals surface area contributed by atoms with Crippen LogP contribution in [-0.2, 0) is 0 Å². The van der Waals surface area contributed by atoms with Gasteiger partial charge in [0.25, 0.3) is 0 Å².